The second-order valence-corrected chi connectivity index (χ2v) is 9.63. The number of benzene rings is 3. The second kappa shape index (κ2) is 13.3. The summed E-state index contributed by atoms with van der Waals surface area (Å²) < 4.78 is 94.0. The van der Waals surface area contributed by atoms with Gasteiger partial charge in [0.05, 0.1) is 12.3 Å². The Labute approximate surface area is 251 Å². The van der Waals surface area contributed by atoms with E-state index in [9.17, 15) is 27.1 Å². The molecule has 5 rings (SSSR count). The molecule has 0 aliphatic rings. The van der Waals surface area contributed by atoms with Gasteiger partial charge in [-0.1, -0.05) is 24.3 Å². The zero-order valence-corrected chi connectivity index (χ0v) is 24.2. The largest absolute Gasteiger partial charge is 0.440 e. The molecule has 0 amide bonds. The molecule has 0 aliphatic heterocycles. The zero-order chi connectivity index (χ0) is 32.2. The Bertz CT molecular complexity index is 1810. The average molecular weight is 634 g/mol. The van der Waals surface area contributed by atoms with Crippen molar-refractivity contribution >= 4 is 11.6 Å². The van der Waals surface area contributed by atoms with Crippen molar-refractivity contribution < 1.29 is 44.6 Å². The summed E-state index contributed by atoms with van der Waals surface area (Å²) in [5.74, 6) is 0.533. The fourth-order valence-electron chi connectivity index (χ4n) is 4.59. The highest BCUT2D eigenvalue weighted by molar-refractivity contribution is 7.51. The lowest BCUT2D eigenvalue weighted by Crippen LogP contribution is -2.08. The molecule has 14 heteroatoms. The van der Waals surface area contributed by atoms with E-state index in [-0.39, 0.29) is 29.7 Å². The van der Waals surface area contributed by atoms with Crippen molar-refractivity contribution in [1.82, 2.24) is 14.8 Å². The maximum atomic E-state index is 13.5. The Hall–Kier alpha value is -4.69. The highest BCUT2D eigenvalue weighted by atomic mass is 32.1. The quantitative estimate of drug-likeness (QED) is 0.189. The normalized spacial score (nSPS) is 11.3. The Morgan fingerprint density at radius 1 is 0.932 bits per heavy atom. The first kappa shape index (κ1) is 32.2. The summed E-state index contributed by atoms with van der Waals surface area (Å²) in [5, 5.41) is 13.4. The summed E-state index contributed by atoms with van der Waals surface area (Å²) in [6.07, 6.45) is -4.64. The minimum atomic E-state index is -4.64. The molecule has 0 bridgehead atoms. The van der Waals surface area contributed by atoms with E-state index in [0.29, 0.717) is 22.5 Å². The molecule has 0 unspecified atom stereocenters. The smallest absolute Gasteiger partial charge is 0.435 e. The van der Waals surface area contributed by atoms with E-state index < -0.39 is 30.1 Å². The molecule has 0 saturated heterocycles. The molecule has 0 radical (unpaired) electrons. The van der Waals surface area contributed by atoms with Gasteiger partial charge in [0, 0.05) is 23.7 Å². The lowest BCUT2D eigenvalue weighted by molar-refractivity contribution is -0.141. The first-order valence-corrected chi connectivity index (χ1v) is 13.5. The van der Waals surface area contributed by atoms with Gasteiger partial charge in [0.1, 0.15) is 11.4 Å². The van der Waals surface area contributed by atoms with Crippen molar-refractivity contribution in [1.29, 1.82) is 0 Å². The van der Waals surface area contributed by atoms with Gasteiger partial charge in [-0.25, -0.2) is 9.67 Å². The van der Waals surface area contributed by atoms with Crippen molar-refractivity contribution in [2.24, 2.45) is 0 Å². The number of aliphatic hydroxyl groups excluding tert-OH is 1. The fraction of sp³-hybridized carbons (Fsp3) is 0.200. The van der Waals surface area contributed by atoms with Crippen molar-refractivity contribution in [3.05, 3.63) is 95.1 Å². The van der Waals surface area contributed by atoms with Crippen LogP contribution < -0.4 is 4.74 Å². The van der Waals surface area contributed by atoms with Gasteiger partial charge in [-0.3, -0.25) is 0 Å². The minimum Gasteiger partial charge on any atom is -0.440 e. The molecule has 0 fully saturated rings. The molecule has 1 N–H and O–H groups in total. The summed E-state index contributed by atoms with van der Waals surface area (Å²) in [4.78, 5) is 4.56. The monoisotopic (exact) mass is 633 g/mol. The van der Waals surface area contributed by atoms with Gasteiger partial charge in [0.2, 0.25) is 0 Å². The number of oxazole rings is 1. The third-order valence-corrected chi connectivity index (χ3v) is 6.58. The molecule has 2 heterocycles. The highest BCUT2D eigenvalue weighted by Crippen LogP contribution is 2.40. The van der Waals surface area contributed by atoms with E-state index in [1.165, 1.54) is 35.9 Å². The van der Waals surface area contributed by atoms with E-state index >= 15 is 0 Å². The van der Waals surface area contributed by atoms with Crippen LogP contribution in [0, 0.1) is 20.8 Å². The summed E-state index contributed by atoms with van der Waals surface area (Å²) in [6.45, 7) is 1.93. The topological polar surface area (TPSA) is 107 Å². The van der Waals surface area contributed by atoms with Crippen LogP contribution in [0.5, 0.6) is 5.75 Å². The molecule has 230 valence electrons. The molecular weight excluding hydrogens is 609 g/mol. The van der Waals surface area contributed by atoms with Crippen LogP contribution in [0.1, 0.15) is 28.4 Å². The lowest BCUT2D eigenvalue weighted by Gasteiger charge is -2.14. The standard InChI is InChI=1S/C30H24F5N3O3.O2S/c1-16-12-20(4-5-22(16)15-39)21-8-11-25(38-17(2)13-26(37-38)30(33,34)35)24(14-21)27-28(40-18(3)36-27)19-6-9-23(10-7-19)41-29(31)32;1-3-2/h4-14,29,39H,15H2,1-3H3;. The number of aromatic nitrogens is 3. The number of nitrogens with zero attached hydrogens (tertiary/aromatic N) is 3. The van der Waals surface area contributed by atoms with Gasteiger partial charge < -0.3 is 14.3 Å². The Morgan fingerprint density at radius 3 is 2.11 bits per heavy atom. The van der Waals surface area contributed by atoms with Crippen LogP contribution in [0.25, 0.3) is 39.4 Å². The summed E-state index contributed by atoms with van der Waals surface area (Å²) in [7, 11) is 0. The molecule has 0 aliphatic carbocycles. The molecule has 5 aromatic rings. The van der Waals surface area contributed by atoms with Crippen LogP contribution in [0.15, 0.2) is 71.1 Å². The number of aliphatic hydroxyl groups is 1. The molecular formula is C30H24F5N3O5S. The van der Waals surface area contributed by atoms with Gasteiger partial charge in [-0.15, -0.1) is 0 Å². The van der Waals surface area contributed by atoms with E-state index in [1.807, 2.05) is 19.1 Å². The average Bonchev–Trinajstić information content (AvgIpc) is 3.56. The maximum absolute atomic E-state index is 13.5. The number of alkyl halides is 5. The van der Waals surface area contributed by atoms with Gasteiger partial charge >= 0.3 is 24.4 Å². The van der Waals surface area contributed by atoms with E-state index in [2.05, 4.69) is 14.8 Å². The first-order chi connectivity index (χ1) is 20.9. The van der Waals surface area contributed by atoms with Crippen LogP contribution in [-0.4, -0.2) is 34.9 Å². The van der Waals surface area contributed by atoms with Crippen LogP contribution >= 0.6 is 0 Å². The Balaban J connectivity index is 0.00000141. The summed E-state index contributed by atoms with van der Waals surface area (Å²) in [6, 6.07) is 17.5. The number of halogens is 5. The predicted octanol–water partition coefficient (Wildman–Crippen LogP) is 7.23. The van der Waals surface area contributed by atoms with Crippen molar-refractivity contribution in [3.63, 3.8) is 0 Å². The molecule has 0 saturated carbocycles. The number of hydrogen-bond donors (Lipinski definition) is 1. The molecule has 44 heavy (non-hydrogen) atoms. The lowest BCUT2D eigenvalue weighted by atomic mass is 9.96. The third kappa shape index (κ3) is 7.09. The van der Waals surface area contributed by atoms with Gasteiger partial charge in [-0.05, 0) is 78.6 Å². The fourth-order valence-corrected chi connectivity index (χ4v) is 4.59. The van der Waals surface area contributed by atoms with E-state index in [4.69, 9.17) is 12.8 Å². The van der Waals surface area contributed by atoms with Crippen molar-refractivity contribution in [3.8, 4) is 45.1 Å². The predicted molar refractivity (Wildman–Crippen MR) is 151 cm³/mol. The van der Waals surface area contributed by atoms with Gasteiger partial charge in [0.25, 0.3) is 0 Å². The number of aryl methyl sites for hydroxylation is 3. The van der Waals surface area contributed by atoms with Crippen LogP contribution in [-0.2, 0) is 24.4 Å². The number of rotatable bonds is 7. The SMILES string of the molecule is Cc1nc(-c2cc(-c3ccc(CO)c(C)c3)ccc2-n2nc(C(F)(F)F)cc2C)c(-c2ccc(OC(F)F)cc2)o1.O=S=O. The maximum Gasteiger partial charge on any atom is 0.435 e. The van der Waals surface area contributed by atoms with Gasteiger partial charge in [-0.2, -0.15) is 35.5 Å². The molecule has 3 aromatic carbocycles. The Morgan fingerprint density at radius 2 is 1.55 bits per heavy atom. The molecule has 2 aromatic heterocycles. The van der Waals surface area contributed by atoms with E-state index in [1.54, 1.807) is 31.2 Å². The van der Waals surface area contributed by atoms with Crippen molar-refractivity contribution in [2.45, 2.75) is 40.2 Å². The minimum absolute atomic E-state index is 0.0437. The zero-order valence-electron chi connectivity index (χ0n) is 23.4. The van der Waals surface area contributed by atoms with E-state index in [0.717, 1.165) is 28.3 Å². The summed E-state index contributed by atoms with van der Waals surface area (Å²) >= 11 is -0.750. The Kier molecular flexibility index (Phi) is 9.75. The highest BCUT2D eigenvalue weighted by Gasteiger charge is 2.35. The summed E-state index contributed by atoms with van der Waals surface area (Å²) in [5.41, 5.74) is 4.01. The first-order valence-electron chi connectivity index (χ1n) is 12.8. The van der Waals surface area contributed by atoms with Crippen LogP contribution in [0.4, 0.5) is 22.0 Å². The number of ether oxygens (including phenoxy) is 1. The molecule has 8 nitrogen and oxygen atoms in total. The van der Waals surface area contributed by atoms with Crippen LogP contribution in [0.3, 0.4) is 0 Å². The third-order valence-electron chi connectivity index (χ3n) is 6.58. The van der Waals surface area contributed by atoms with Crippen molar-refractivity contribution in [2.75, 3.05) is 0 Å². The van der Waals surface area contributed by atoms with Crippen LogP contribution in [0.2, 0.25) is 0 Å². The molecule has 0 spiro atoms. The van der Waals surface area contributed by atoms with Gasteiger partial charge in [0.15, 0.2) is 17.3 Å². The number of hydrogen-bond acceptors (Lipinski definition) is 7. The second-order valence-electron chi connectivity index (χ2n) is 9.49. The molecule has 0 atom stereocenters.